The number of hydrogen-bond acceptors (Lipinski definition) is 3. The Morgan fingerprint density at radius 3 is 2.54 bits per heavy atom. The van der Waals surface area contributed by atoms with Crippen molar-refractivity contribution in [2.75, 3.05) is 38.0 Å². The van der Waals surface area contributed by atoms with Gasteiger partial charge in [0, 0.05) is 22.6 Å². The van der Waals surface area contributed by atoms with Crippen LogP contribution in [0.3, 0.4) is 0 Å². The van der Waals surface area contributed by atoms with Crippen molar-refractivity contribution in [2.45, 2.75) is 25.7 Å². The molecular weight excluding hydrogens is 390 g/mol. The summed E-state index contributed by atoms with van der Waals surface area (Å²) in [7, 11) is 0. The van der Waals surface area contributed by atoms with Crippen LogP contribution in [0.25, 0.3) is 0 Å². The van der Waals surface area contributed by atoms with Crippen LogP contribution in [0.1, 0.15) is 25.7 Å². The Balaban J connectivity index is 0.00000208. The first kappa shape index (κ1) is 19.7. The number of benzene rings is 1. The predicted octanol–water partition coefficient (Wildman–Crippen LogP) is 3.52. The molecule has 1 atom stereocenters. The van der Waals surface area contributed by atoms with E-state index in [9.17, 15) is 4.79 Å². The van der Waals surface area contributed by atoms with Crippen molar-refractivity contribution in [3.8, 4) is 0 Å². The van der Waals surface area contributed by atoms with Gasteiger partial charge in [-0.25, -0.2) is 0 Å². The van der Waals surface area contributed by atoms with Gasteiger partial charge < -0.3 is 15.5 Å². The van der Waals surface area contributed by atoms with Crippen LogP contribution in [-0.4, -0.2) is 43.5 Å². The molecule has 6 heteroatoms. The van der Waals surface area contributed by atoms with E-state index in [2.05, 4.69) is 31.5 Å². The second kappa shape index (κ2) is 9.76. The van der Waals surface area contributed by atoms with Crippen molar-refractivity contribution in [3.63, 3.8) is 0 Å². The van der Waals surface area contributed by atoms with Crippen LogP contribution >= 0.6 is 28.3 Å². The van der Waals surface area contributed by atoms with E-state index in [1.807, 2.05) is 24.3 Å². The fraction of sp³-hybridized carbons (Fsp3) is 0.611. The molecule has 0 bridgehead atoms. The quantitative estimate of drug-likeness (QED) is 0.789. The number of amides is 1. The van der Waals surface area contributed by atoms with Gasteiger partial charge in [0.15, 0.2) is 0 Å². The van der Waals surface area contributed by atoms with E-state index < -0.39 is 0 Å². The lowest BCUT2D eigenvalue weighted by Gasteiger charge is -2.35. The predicted molar refractivity (Wildman–Crippen MR) is 105 cm³/mol. The molecule has 134 valence electrons. The second-order valence-corrected chi connectivity index (χ2v) is 7.70. The molecule has 0 radical (unpaired) electrons. The molecule has 3 rings (SSSR count). The first-order valence-electron chi connectivity index (χ1n) is 8.70. The summed E-state index contributed by atoms with van der Waals surface area (Å²) in [6.45, 7) is 5.62. The Kier molecular flexibility index (Phi) is 8.01. The molecule has 2 saturated heterocycles. The highest BCUT2D eigenvalue weighted by atomic mass is 79.9. The maximum Gasteiger partial charge on any atom is 0.227 e. The third-order valence-electron chi connectivity index (χ3n) is 4.99. The number of likely N-dealkylation sites (tertiary alicyclic amines) is 1. The fourth-order valence-electron chi connectivity index (χ4n) is 3.60. The van der Waals surface area contributed by atoms with Gasteiger partial charge in [0.2, 0.25) is 5.91 Å². The highest BCUT2D eigenvalue weighted by molar-refractivity contribution is 9.10. The van der Waals surface area contributed by atoms with Crippen molar-refractivity contribution in [1.82, 2.24) is 10.2 Å². The van der Waals surface area contributed by atoms with Crippen molar-refractivity contribution >= 4 is 39.9 Å². The van der Waals surface area contributed by atoms with Gasteiger partial charge >= 0.3 is 0 Å². The van der Waals surface area contributed by atoms with E-state index in [4.69, 9.17) is 0 Å². The molecule has 2 N–H and O–H groups in total. The lowest BCUT2D eigenvalue weighted by molar-refractivity contribution is -0.121. The second-order valence-electron chi connectivity index (χ2n) is 6.78. The summed E-state index contributed by atoms with van der Waals surface area (Å²) in [4.78, 5) is 14.9. The Bertz CT molecular complexity index is 512. The van der Waals surface area contributed by atoms with Crippen molar-refractivity contribution in [2.24, 2.45) is 11.8 Å². The highest BCUT2D eigenvalue weighted by Crippen LogP contribution is 2.22. The molecule has 0 spiro atoms. The van der Waals surface area contributed by atoms with Gasteiger partial charge in [0.05, 0.1) is 0 Å². The SMILES string of the molecule is Cl.O=C(Nc1ccc(Br)cc1)C1CCN(CC2CCCNC2)CC1. The average Bonchev–Trinajstić information content (AvgIpc) is 2.58. The van der Waals surface area contributed by atoms with E-state index >= 15 is 0 Å². The van der Waals surface area contributed by atoms with Crippen molar-refractivity contribution in [3.05, 3.63) is 28.7 Å². The molecular formula is C18H27BrClN3O. The zero-order chi connectivity index (χ0) is 16.1. The minimum absolute atomic E-state index is 0. The van der Waals surface area contributed by atoms with E-state index in [-0.39, 0.29) is 24.2 Å². The highest BCUT2D eigenvalue weighted by Gasteiger charge is 2.26. The number of anilines is 1. The molecule has 2 aliphatic heterocycles. The van der Waals surface area contributed by atoms with Gasteiger partial charge in [-0.15, -0.1) is 12.4 Å². The number of carbonyl (C=O) groups excluding carboxylic acids is 1. The summed E-state index contributed by atoms with van der Waals surface area (Å²) in [6, 6.07) is 7.78. The zero-order valence-electron chi connectivity index (χ0n) is 14.0. The first-order valence-corrected chi connectivity index (χ1v) is 9.49. The van der Waals surface area contributed by atoms with Crippen molar-refractivity contribution in [1.29, 1.82) is 0 Å². The van der Waals surface area contributed by atoms with Crippen LogP contribution in [0, 0.1) is 11.8 Å². The van der Waals surface area contributed by atoms with Gasteiger partial charge in [0.1, 0.15) is 0 Å². The lowest BCUT2D eigenvalue weighted by Crippen LogP contribution is -2.43. The summed E-state index contributed by atoms with van der Waals surface area (Å²) in [5.41, 5.74) is 0.883. The van der Waals surface area contributed by atoms with Crippen LogP contribution in [0.5, 0.6) is 0 Å². The zero-order valence-corrected chi connectivity index (χ0v) is 16.4. The number of hydrogen-bond donors (Lipinski definition) is 2. The molecule has 2 aliphatic rings. The molecule has 24 heavy (non-hydrogen) atoms. The number of rotatable bonds is 4. The van der Waals surface area contributed by atoms with Crippen LogP contribution in [0.2, 0.25) is 0 Å². The Labute approximate surface area is 159 Å². The average molecular weight is 417 g/mol. The monoisotopic (exact) mass is 415 g/mol. The number of nitrogens with one attached hydrogen (secondary N) is 2. The molecule has 2 heterocycles. The van der Waals surface area contributed by atoms with E-state index in [1.165, 1.54) is 25.9 Å². The molecule has 0 aromatic heterocycles. The molecule has 2 fully saturated rings. The molecule has 1 unspecified atom stereocenters. The van der Waals surface area contributed by atoms with Crippen LogP contribution in [0.15, 0.2) is 28.7 Å². The maximum atomic E-state index is 12.4. The maximum absolute atomic E-state index is 12.4. The smallest absolute Gasteiger partial charge is 0.227 e. The standard InChI is InChI=1S/C18H26BrN3O.ClH/c19-16-3-5-17(6-4-16)21-18(23)15-7-10-22(11-8-15)13-14-2-1-9-20-12-14;/h3-6,14-15,20H,1-2,7-13H2,(H,21,23);1H. The minimum Gasteiger partial charge on any atom is -0.326 e. The van der Waals surface area contributed by atoms with E-state index in [0.29, 0.717) is 0 Å². The van der Waals surface area contributed by atoms with E-state index in [0.717, 1.165) is 48.6 Å². The van der Waals surface area contributed by atoms with Gasteiger partial charge in [-0.3, -0.25) is 4.79 Å². The lowest BCUT2D eigenvalue weighted by atomic mass is 9.93. The van der Waals surface area contributed by atoms with Crippen LogP contribution < -0.4 is 10.6 Å². The molecule has 1 amide bonds. The fourth-order valence-corrected chi connectivity index (χ4v) is 3.86. The Morgan fingerprint density at radius 1 is 1.21 bits per heavy atom. The Hall–Kier alpha value is -0.620. The third-order valence-corrected chi connectivity index (χ3v) is 5.51. The number of nitrogens with zero attached hydrogens (tertiary/aromatic N) is 1. The van der Waals surface area contributed by atoms with Crippen molar-refractivity contribution < 1.29 is 4.79 Å². The minimum atomic E-state index is 0. The summed E-state index contributed by atoms with van der Waals surface area (Å²) in [6.07, 6.45) is 4.60. The van der Waals surface area contributed by atoms with Gasteiger partial charge in [-0.1, -0.05) is 15.9 Å². The topological polar surface area (TPSA) is 44.4 Å². The normalized spacial score (nSPS) is 22.6. The van der Waals surface area contributed by atoms with Gasteiger partial charge in [0.25, 0.3) is 0 Å². The summed E-state index contributed by atoms with van der Waals surface area (Å²) >= 11 is 3.41. The van der Waals surface area contributed by atoms with Gasteiger partial charge in [-0.2, -0.15) is 0 Å². The van der Waals surface area contributed by atoms with Gasteiger partial charge in [-0.05, 0) is 82.0 Å². The number of halogens is 2. The third kappa shape index (κ3) is 5.73. The first-order chi connectivity index (χ1) is 11.2. The number of carbonyl (C=O) groups is 1. The summed E-state index contributed by atoms with van der Waals surface area (Å²) < 4.78 is 1.03. The molecule has 1 aromatic rings. The largest absolute Gasteiger partial charge is 0.326 e. The molecule has 0 aliphatic carbocycles. The number of piperidine rings is 2. The summed E-state index contributed by atoms with van der Waals surface area (Å²) in [5.74, 6) is 1.11. The summed E-state index contributed by atoms with van der Waals surface area (Å²) in [5, 5.41) is 6.54. The van der Waals surface area contributed by atoms with Crippen LogP contribution in [0.4, 0.5) is 5.69 Å². The van der Waals surface area contributed by atoms with Crippen LogP contribution in [-0.2, 0) is 4.79 Å². The molecule has 1 aromatic carbocycles. The molecule has 4 nitrogen and oxygen atoms in total. The molecule has 0 saturated carbocycles. The Morgan fingerprint density at radius 2 is 1.92 bits per heavy atom. The van der Waals surface area contributed by atoms with E-state index in [1.54, 1.807) is 0 Å².